The highest BCUT2D eigenvalue weighted by molar-refractivity contribution is 5.94. The minimum Gasteiger partial charge on any atom is -0.481 e. The topological polar surface area (TPSA) is 95.1 Å². The molecule has 0 spiro atoms. The number of ether oxygens (including phenoxy) is 1. The zero-order valence-corrected chi connectivity index (χ0v) is 15.8. The van der Waals surface area contributed by atoms with E-state index in [4.69, 9.17) is 10.5 Å². The van der Waals surface area contributed by atoms with E-state index in [9.17, 15) is 4.79 Å². The van der Waals surface area contributed by atoms with Gasteiger partial charge in [-0.2, -0.15) is 5.10 Å². The molecule has 4 rings (SSSR count). The largest absolute Gasteiger partial charge is 0.481 e. The quantitative estimate of drug-likeness (QED) is 0.746. The number of anilines is 1. The van der Waals surface area contributed by atoms with Gasteiger partial charge in [0.2, 0.25) is 11.8 Å². The maximum Gasteiger partial charge on any atom is 0.241 e. The zero-order chi connectivity index (χ0) is 19.0. The Bertz CT molecular complexity index is 800. The van der Waals surface area contributed by atoms with Crippen molar-refractivity contribution in [2.75, 3.05) is 12.4 Å². The SMILES string of the molecule is COc1ncccc1[C@@H](C)n1cc(NC(=O)[C@@H](N)C(C2CC2)C2CC2)cn1. The molecule has 1 amide bonds. The van der Waals surface area contributed by atoms with Crippen molar-refractivity contribution in [1.29, 1.82) is 0 Å². The molecule has 144 valence electrons. The van der Waals surface area contributed by atoms with Gasteiger partial charge in [-0.1, -0.05) is 0 Å². The van der Waals surface area contributed by atoms with E-state index in [2.05, 4.69) is 15.4 Å². The van der Waals surface area contributed by atoms with E-state index in [0.29, 0.717) is 29.3 Å². The first-order valence-corrected chi connectivity index (χ1v) is 9.68. The van der Waals surface area contributed by atoms with Crippen LogP contribution in [0.15, 0.2) is 30.7 Å². The van der Waals surface area contributed by atoms with Gasteiger partial charge in [0.1, 0.15) is 0 Å². The summed E-state index contributed by atoms with van der Waals surface area (Å²) in [6.45, 7) is 2.01. The van der Waals surface area contributed by atoms with E-state index in [0.717, 1.165) is 5.56 Å². The Balaban J connectivity index is 1.43. The second-order valence-corrected chi connectivity index (χ2v) is 7.75. The number of hydrogen-bond donors (Lipinski definition) is 2. The Labute approximate surface area is 159 Å². The summed E-state index contributed by atoms with van der Waals surface area (Å²) in [7, 11) is 1.60. The smallest absolute Gasteiger partial charge is 0.241 e. The van der Waals surface area contributed by atoms with Crippen molar-refractivity contribution >= 4 is 11.6 Å². The van der Waals surface area contributed by atoms with Crippen LogP contribution in [-0.4, -0.2) is 33.8 Å². The Morgan fingerprint density at radius 1 is 1.33 bits per heavy atom. The van der Waals surface area contributed by atoms with Gasteiger partial charge in [-0.3, -0.25) is 9.48 Å². The molecule has 2 heterocycles. The number of carbonyl (C=O) groups is 1. The van der Waals surface area contributed by atoms with Crippen molar-refractivity contribution in [2.24, 2.45) is 23.5 Å². The minimum absolute atomic E-state index is 0.0707. The summed E-state index contributed by atoms with van der Waals surface area (Å²) in [5.74, 6) is 2.08. The number of nitrogens with two attached hydrogens (primary N) is 1. The summed E-state index contributed by atoms with van der Waals surface area (Å²) >= 11 is 0. The zero-order valence-electron chi connectivity index (χ0n) is 15.8. The number of rotatable bonds is 8. The van der Waals surface area contributed by atoms with Crippen LogP contribution < -0.4 is 15.8 Å². The average molecular weight is 369 g/mol. The van der Waals surface area contributed by atoms with Gasteiger partial charge in [-0.15, -0.1) is 0 Å². The Morgan fingerprint density at radius 2 is 2.04 bits per heavy atom. The van der Waals surface area contributed by atoms with Crippen LogP contribution in [0.4, 0.5) is 5.69 Å². The highest BCUT2D eigenvalue weighted by atomic mass is 16.5. The van der Waals surface area contributed by atoms with Crippen molar-refractivity contribution < 1.29 is 9.53 Å². The highest BCUT2D eigenvalue weighted by Crippen LogP contribution is 2.50. The molecule has 0 radical (unpaired) electrons. The van der Waals surface area contributed by atoms with E-state index in [1.807, 2.05) is 25.3 Å². The molecular weight excluding hydrogens is 342 g/mol. The lowest BCUT2D eigenvalue weighted by Crippen LogP contribution is -2.43. The van der Waals surface area contributed by atoms with Crippen molar-refractivity contribution in [3.05, 3.63) is 36.3 Å². The molecule has 0 aromatic carbocycles. The first-order valence-electron chi connectivity index (χ1n) is 9.68. The fourth-order valence-electron chi connectivity index (χ4n) is 3.98. The van der Waals surface area contributed by atoms with E-state index in [1.54, 1.807) is 24.2 Å². The number of hydrogen-bond acceptors (Lipinski definition) is 5. The highest BCUT2D eigenvalue weighted by Gasteiger charge is 2.46. The summed E-state index contributed by atoms with van der Waals surface area (Å²) < 4.78 is 7.13. The maximum atomic E-state index is 12.7. The van der Waals surface area contributed by atoms with Gasteiger partial charge in [-0.05, 0) is 62.5 Å². The maximum absolute atomic E-state index is 12.7. The van der Waals surface area contributed by atoms with Crippen LogP contribution in [0.3, 0.4) is 0 Å². The Hall–Kier alpha value is -2.41. The normalized spacial score (nSPS) is 19.0. The molecule has 7 nitrogen and oxygen atoms in total. The lowest BCUT2D eigenvalue weighted by atomic mass is 9.89. The van der Waals surface area contributed by atoms with Crippen LogP contribution in [0.1, 0.15) is 44.2 Å². The standard InChI is InChI=1S/C20H27N5O2/c1-12(16-4-3-9-22-20(16)27-2)25-11-15(10-23-25)24-19(26)18(21)17(13-5-6-13)14-7-8-14/h3-4,9-14,17-18H,5-8,21H2,1-2H3,(H,24,26)/t12-,18+/m1/s1. The third kappa shape index (κ3) is 3.83. The van der Waals surface area contributed by atoms with E-state index in [-0.39, 0.29) is 11.9 Å². The van der Waals surface area contributed by atoms with Gasteiger partial charge < -0.3 is 15.8 Å². The number of methoxy groups -OCH3 is 1. The number of nitrogens with zero attached hydrogens (tertiary/aromatic N) is 3. The summed E-state index contributed by atoms with van der Waals surface area (Å²) in [5.41, 5.74) is 7.92. The van der Waals surface area contributed by atoms with Gasteiger partial charge in [-0.25, -0.2) is 4.98 Å². The van der Waals surface area contributed by atoms with Crippen molar-refractivity contribution in [3.63, 3.8) is 0 Å². The van der Waals surface area contributed by atoms with E-state index < -0.39 is 6.04 Å². The fourth-order valence-corrected chi connectivity index (χ4v) is 3.98. The van der Waals surface area contributed by atoms with Crippen molar-refractivity contribution in [2.45, 2.75) is 44.7 Å². The summed E-state index contributed by atoms with van der Waals surface area (Å²) in [4.78, 5) is 16.9. The molecule has 2 aromatic heterocycles. The fraction of sp³-hybridized carbons (Fsp3) is 0.550. The molecule has 27 heavy (non-hydrogen) atoms. The Kier molecular flexibility index (Phi) is 4.86. The number of pyridine rings is 1. The predicted octanol–water partition coefficient (Wildman–Crippen LogP) is 2.60. The van der Waals surface area contributed by atoms with Crippen LogP contribution in [0, 0.1) is 17.8 Å². The van der Waals surface area contributed by atoms with Crippen LogP contribution >= 0.6 is 0 Å². The van der Waals surface area contributed by atoms with Crippen molar-refractivity contribution in [3.8, 4) is 5.88 Å². The number of amides is 1. The lowest BCUT2D eigenvalue weighted by molar-refractivity contribution is -0.118. The molecule has 0 bridgehead atoms. The number of aromatic nitrogens is 3. The van der Waals surface area contributed by atoms with Crippen LogP contribution in [0.2, 0.25) is 0 Å². The molecule has 2 aliphatic carbocycles. The van der Waals surface area contributed by atoms with Gasteiger partial charge in [0.25, 0.3) is 0 Å². The summed E-state index contributed by atoms with van der Waals surface area (Å²) in [6, 6.07) is 3.32. The second kappa shape index (κ2) is 7.31. The molecule has 3 N–H and O–H groups in total. The van der Waals surface area contributed by atoms with Gasteiger partial charge in [0.05, 0.1) is 31.1 Å². The Morgan fingerprint density at radius 3 is 2.67 bits per heavy atom. The monoisotopic (exact) mass is 369 g/mol. The summed E-state index contributed by atoms with van der Waals surface area (Å²) in [6.07, 6.45) is 10.0. The number of nitrogens with one attached hydrogen (secondary N) is 1. The molecule has 0 aliphatic heterocycles. The minimum atomic E-state index is -0.441. The van der Waals surface area contributed by atoms with Gasteiger partial charge in [0.15, 0.2) is 0 Å². The molecule has 7 heteroatoms. The molecule has 2 fully saturated rings. The van der Waals surface area contributed by atoms with Gasteiger partial charge in [0, 0.05) is 18.0 Å². The number of carbonyl (C=O) groups excluding carboxylic acids is 1. The summed E-state index contributed by atoms with van der Waals surface area (Å²) in [5, 5.41) is 7.35. The molecule has 0 saturated heterocycles. The lowest BCUT2D eigenvalue weighted by Gasteiger charge is -2.22. The molecule has 2 saturated carbocycles. The van der Waals surface area contributed by atoms with Crippen molar-refractivity contribution in [1.82, 2.24) is 14.8 Å². The molecule has 2 aliphatic rings. The molecular formula is C20H27N5O2. The molecule has 2 aromatic rings. The van der Waals surface area contributed by atoms with Crippen LogP contribution in [-0.2, 0) is 4.79 Å². The first kappa shape index (κ1) is 18.0. The third-order valence-corrected chi connectivity index (χ3v) is 5.76. The third-order valence-electron chi connectivity index (χ3n) is 5.76. The van der Waals surface area contributed by atoms with E-state index in [1.165, 1.54) is 25.7 Å². The van der Waals surface area contributed by atoms with E-state index >= 15 is 0 Å². The van der Waals surface area contributed by atoms with Crippen LogP contribution in [0.25, 0.3) is 0 Å². The molecule has 2 atom stereocenters. The average Bonchev–Trinajstić information content (AvgIpc) is 3.62. The van der Waals surface area contributed by atoms with Crippen LogP contribution in [0.5, 0.6) is 5.88 Å². The first-order chi connectivity index (χ1) is 13.1. The molecule has 0 unspecified atom stereocenters. The second-order valence-electron chi connectivity index (χ2n) is 7.75. The predicted molar refractivity (Wildman–Crippen MR) is 102 cm³/mol. The van der Waals surface area contributed by atoms with Gasteiger partial charge >= 0.3 is 0 Å².